The Morgan fingerprint density at radius 1 is 1.06 bits per heavy atom. The third-order valence-corrected chi connectivity index (χ3v) is 6.97. The van der Waals surface area contributed by atoms with Crippen molar-refractivity contribution >= 4 is 23.4 Å². The first-order chi connectivity index (χ1) is 16.0. The third-order valence-electron chi connectivity index (χ3n) is 6.73. The van der Waals surface area contributed by atoms with Gasteiger partial charge < -0.3 is 19.1 Å². The van der Waals surface area contributed by atoms with Crippen LogP contribution in [0.2, 0.25) is 5.02 Å². The van der Waals surface area contributed by atoms with E-state index in [1.807, 2.05) is 38.8 Å². The van der Waals surface area contributed by atoms with Crippen LogP contribution >= 0.6 is 11.6 Å². The number of rotatable bonds is 8. The molecular weight excluding hydrogens is 440 g/mol. The molecule has 2 aromatic rings. The van der Waals surface area contributed by atoms with Gasteiger partial charge in [0.2, 0.25) is 11.8 Å². The highest BCUT2D eigenvalue weighted by Crippen LogP contribution is 2.36. The first-order valence-corrected chi connectivity index (χ1v) is 12.3. The highest BCUT2D eigenvalue weighted by Gasteiger charge is 2.41. The summed E-state index contributed by atoms with van der Waals surface area (Å²) in [6.45, 7) is 3.91. The van der Waals surface area contributed by atoms with Crippen molar-refractivity contribution in [2.24, 2.45) is 5.41 Å². The summed E-state index contributed by atoms with van der Waals surface area (Å²) in [5.74, 6) is 0.980. The second-order valence-electron chi connectivity index (χ2n) is 9.33. The fourth-order valence-corrected chi connectivity index (χ4v) is 5.09. The van der Waals surface area contributed by atoms with Crippen LogP contribution in [0, 0.1) is 5.41 Å². The van der Waals surface area contributed by atoms with Gasteiger partial charge in [0.25, 0.3) is 0 Å². The Hall–Kier alpha value is -2.54. The lowest BCUT2D eigenvalue weighted by atomic mass is 9.77. The summed E-state index contributed by atoms with van der Waals surface area (Å²) in [6, 6.07) is 7.34. The summed E-state index contributed by atoms with van der Waals surface area (Å²) in [5.41, 5.74) is -0.403. The van der Waals surface area contributed by atoms with E-state index in [9.17, 15) is 9.59 Å². The summed E-state index contributed by atoms with van der Waals surface area (Å²) in [6.07, 6.45) is 11.2. The SMILES string of the molecule is O=C(C[C@@]1(COc2cccc(Cl)c2)CCCN(C(=O)CCn2ccnc2)C1)N1CCCCC1. The number of hydrogen-bond donors (Lipinski definition) is 0. The number of halogens is 1. The Morgan fingerprint density at radius 3 is 2.64 bits per heavy atom. The molecule has 0 unspecified atom stereocenters. The molecule has 33 heavy (non-hydrogen) atoms. The maximum Gasteiger partial charge on any atom is 0.224 e. The number of likely N-dealkylation sites (tertiary alicyclic amines) is 2. The van der Waals surface area contributed by atoms with Gasteiger partial charge in [-0.2, -0.15) is 0 Å². The standard InChI is InChI=1S/C25H33ClN4O3/c26-21-6-4-7-22(16-21)33-19-25(17-24(32)29-11-2-1-3-12-29)9-5-13-30(18-25)23(31)8-14-28-15-10-27-20-28/h4,6-7,10,15-16,20H,1-3,5,8-9,11-14,17-19H2/t25-/m0/s1. The summed E-state index contributed by atoms with van der Waals surface area (Å²) in [5, 5.41) is 0.617. The van der Waals surface area contributed by atoms with Gasteiger partial charge in [0.1, 0.15) is 5.75 Å². The number of ether oxygens (including phenoxy) is 1. The lowest BCUT2D eigenvalue weighted by Gasteiger charge is -2.43. The van der Waals surface area contributed by atoms with Crippen LogP contribution in [-0.2, 0) is 16.1 Å². The van der Waals surface area contributed by atoms with Gasteiger partial charge in [0.15, 0.2) is 0 Å². The van der Waals surface area contributed by atoms with Crippen molar-refractivity contribution in [2.75, 3.05) is 32.8 Å². The summed E-state index contributed by atoms with van der Waals surface area (Å²) < 4.78 is 8.07. The molecule has 1 aromatic heterocycles. The van der Waals surface area contributed by atoms with Crippen molar-refractivity contribution in [1.82, 2.24) is 19.4 Å². The predicted molar refractivity (Wildman–Crippen MR) is 127 cm³/mol. The van der Waals surface area contributed by atoms with Crippen molar-refractivity contribution in [3.8, 4) is 5.75 Å². The first-order valence-electron chi connectivity index (χ1n) is 11.9. The molecule has 2 amide bonds. The van der Waals surface area contributed by atoms with E-state index in [2.05, 4.69) is 4.98 Å². The number of imidazole rings is 1. The van der Waals surface area contributed by atoms with Crippen LogP contribution in [0.4, 0.5) is 0 Å². The molecule has 2 aliphatic rings. The molecule has 1 atom stereocenters. The van der Waals surface area contributed by atoms with E-state index in [4.69, 9.17) is 16.3 Å². The molecule has 178 valence electrons. The minimum absolute atomic E-state index is 0.112. The minimum Gasteiger partial charge on any atom is -0.493 e. The Kier molecular flexibility index (Phi) is 7.91. The van der Waals surface area contributed by atoms with Crippen LogP contribution in [0.25, 0.3) is 0 Å². The van der Waals surface area contributed by atoms with Crippen LogP contribution in [0.3, 0.4) is 0 Å². The van der Waals surface area contributed by atoms with E-state index in [1.165, 1.54) is 6.42 Å². The smallest absolute Gasteiger partial charge is 0.224 e. The van der Waals surface area contributed by atoms with E-state index in [1.54, 1.807) is 18.6 Å². The molecule has 0 N–H and O–H groups in total. The van der Waals surface area contributed by atoms with E-state index in [-0.39, 0.29) is 11.8 Å². The quantitative estimate of drug-likeness (QED) is 0.582. The maximum absolute atomic E-state index is 13.2. The van der Waals surface area contributed by atoms with Crippen molar-refractivity contribution < 1.29 is 14.3 Å². The van der Waals surface area contributed by atoms with Gasteiger partial charge in [0.05, 0.1) is 12.9 Å². The summed E-state index contributed by atoms with van der Waals surface area (Å²) in [7, 11) is 0. The van der Waals surface area contributed by atoms with Crippen LogP contribution in [0.15, 0.2) is 43.0 Å². The predicted octanol–water partition coefficient (Wildman–Crippen LogP) is 4.02. The molecule has 0 saturated carbocycles. The molecule has 2 aliphatic heterocycles. The number of nitrogens with zero attached hydrogens (tertiary/aromatic N) is 4. The second kappa shape index (κ2) is 11.1. The Labute approximate surface area is 200 Å². The highest BCUT2D eigenvalue weighted by molar-refractivity contribution is 6.30. The maximum atomic E-state index is 13.2. The van der Waals surface area contributed by atoms with Crippen molar-refractivity contribution in [2.45, 2.75) is 51.5 Å². The fourth-order valence-electron chi connectivity index (χ4n) is 4.90. The van der Waals surface area contributed by atoms with E-state index in [0.717, 1.165) is 45.3 Å². The van der Waals surface area contributed by atoms with Gasteiger partial charge >= 0.3 is 0 Å². The van der Waals surface area contributed by atoms with Gasteiger partial charge in [-0.3, -0.25) is 9.59 Å². The van der Waals surface area contributed by atoms with Gasteiger partial charge in [0, 0.05) is 68.4 Å². The average molecular weight is 473 g/mol. The number of piperidine rings is 2. The van der Waals surface area contributed by atoms with E-state index >= 15 is 0 Å². The Morgan fingerprint density at radius 2 is 1.88 bits per heavy atom. The van der Waals surface area contributed by atoms with Crippen LogP contribution in [0.5, 0.6) is 5.75 Å². The van der Waals surface area contributed by atoms with Crippen molar-refractivity contribution in [3.05, 3.63) is 48.0 Å². The summed E-state index contributed by atoms with van der Waals surface area (Å²) in [4.78, 5) is 34.2. The van der Waals surface area contributed by atoms with Gasteiger partial charge in [-0.1, -0.05) is 17.7 Å². The summed E-state index contributed by atoms with van der Waals surface area (Å²) >= 11 is 6.13. The number of carbonyl (C=O) groups excluding carboxylic acids is 2. The number of hydrogen-bond acceptors (Lipinski definition) is 4. The van der Waals surface area contributed by atoms with E-state index < -0.39 is 5.41 Å². The monoisotopic (exact) mass is 472 g/mol. The average Bonchev–Trinajstić information content (AvgIpc) is 3.36. The zero-order valence-electron chi connectivity index (χ0n) is 19.1. The molecule has 3 heterocycles. The molecule has 2 fully saturated rings. The largest absolute Gasteiger partial charge is 0.493 e. The molecule has 7 nitrogen and oxygen atoms in total. The molecule has 1 aromatic carbocycles. The number of aryl methyl sites for hydroxylation is 1. The first kappa shape index (κ1) is 23.6. The van der Waals surface area contributed by atoms with Crippen molar-refractivity contribution in [3.63, 3.8) is 0 Å². The highest BCUT2D eigenvalue weighted by atomic mass is 35.5. The molecule has 0 bridgehead atoms. The van der Waals surface area contributed by atoms with E-state index in [0.29, 0.717) is 43.3 Å². The minimum atomic E-state index is -0.403. The lowest BCUT2D eigenvalue weighted by molar-refractivity contribution is -0.142. The number of amides is 2. The number of carbonyl (C=O) groups is 2. The molecular formula is C25H33ClN4O3. The lowest BCUT2D eigenvalue weighted by Crippen LogP contribution is -2.51. The van der Waals surface area contributed by atoms with Gasteiger partial charge in [-0.25, -0.2) is 4.98 Å². The molecule has 0 aliphatic carbocycles. The fraction of sp³-hybridized carbons (Fsp3) is 0.560. The third kappa shape index (κ3) is 6.50. The molecule has 0 spiro atoms. The van der Waals surface area contributed by atoms with Crippen LogP contribution in [0.1, 0.15) is 44.9 Å². The zero-order valence-corrected chi connectivity index (χ0v) is 19.9. The Bertz CT molecular complexity index is 929. The molecule has 2 saturated heterocycles. The topological polar surface area (TPSA) is 67.7 Å². The number of aromatic nitrogens is 2. The molecule has 4 rings (SSSR count). The number of benzene rings is 1. The molecule has 0 radical (unpaired) electrons. The van der Waals surface area contributed by atoms with Gasteiger partial charge in [-0.05, 0) is 50.3 Å². The zero-order chi connectivity index (χ0) is 23.1. The second-order valence-corrected chi connectivity index (χ2v) is 9.77. The molecule has 8 heteroatoms. The van der Waals surface area contributed by atoms with Crippen LogP contribution < -0.4 is 4.74 Å². The Balaban J connectivity index is 1.45. The van der Waals surface area contributed by atoms with Gasteiger partial charge in [-0.15, -0.1) is 0 Å². The normalized spacial score (nSPS) is 21.1. The van der Waals surface area contributed by atoms with Crippen LogP contribution in [-0.4, -0.2) is 64.0 Å². The van der Waals surface area contributed by atoms with Crippen molar-refractivity contribution in [1.29, 1.82) is 0 Å².